The molecule has 12 heteroatoms. The van der Waals surface area contributed by atoms with Crippen molar-refractivity contribution in [3.05, 3.63) is 58.1 Å². The molecule has 1 heterocycles. The zero-order chi connectivity index (χ0) is 30.8. The number of alkyl halides is 6. The molecule has 1 atom stereocenters. The fourth-order valence-corrected chi connectivity index (χ4v) is 5.53. The minimum absolute atomic E-state index is 0.0581. The number of carbonyl (C=O) groups is 2. The Labute approximate surface area is 239 Å². The highest BCUT2D eigenvalue weighted by Crippen LogP contribution is 2.38. The van der Waals surface area contributed by atoms with Crippen molar-refractivity contribution in [3.8, 4) is 5.75 Å². The molecule has 0 bridgehead atoms. The van der Waals surface area contributed by atoms with Crippen LogP contribution in [-0.2, 0) is 30.4 Å². The predicted molar refractivity (Wildman–Crippen MR) is 145 cm³/mol. The summed E-state index contributed by atoms with van der Waals surface area (Å²) in [4.78, 5) is 29.5. The van der Waals surface area contributed by atoms with Gasteiger partial charge >= 0.3 is 12.4 Å². The molecule has 2 aliphatic rings. The second kappa shape index (κ2) is 12.4. The van der Waals surface area contributed by atoms with Gasteiger partial charge in [-0.1, -0.05) is 31.9 Å². The summed E-state index contributed by atoms with van der Waals surface area (Å²) >= 11 is 0. The molecule has 0 spiro atoms. The average molecular weight is 598 g/mol. The van der Waals surface area contributed by atoms with E-state index in [2.05, 4.69) is 11.9 Å². The van der Waals surface area contributed by atoms with Crippen molar-refractivity contribution in [2.24, 2.45) is 22.6 Å². The summed E-state index contributed by atoms with van der Waals surface area (Å²) < 4.78 is 85.0. The number of carbonyl (C=O) groups excluding carboxylic acids is 2. The van der Waals surface area contributed by atoms with Gasteiger partial charge in [0, 0.05) is 31.5 Å². The molecule has 4 rings (SSSR count). The van der Waals surface area contributed by atoms with E-state index in [4.69, 9.17) is 10.5 Å². The predicted octanol–water partition coefficient (Wildman–Crippen LogP) is 6.49. The normalized spacial score (nSPS) is 19.6. The van der Waals surface area contributed by atoms with E-state index in [9.17, 15) is 35.9 Å². The van der Waals surface area contributed by atoms with Gasteiger partial charge in [-0.2, -0.15) is 26.3 Å². The Balaban J connectivity index is 1.53. The largest absolute Gasteiger partial charge is 0.496 e. The van der Waals surface area contributed by atoms with Crippen molar-refractivity contribution < 1.29 is 40.7 Å². The number of fused-ring (bicyclic) bond motifs is 1. The summed E-state index contributed by atoms with van der Waals surface area (Å²) in [6.45, 7) is 1.76. The summed E-state index contributed by atoms with van der Waals surface area (Å²) in [6, 6.07) is 3.69. The van der Waals surface area contributed by atoms with Crippen LogP contribution in [0.2, 0.25) is 0 Å². The van der Waals surface area contributed by atoms with Crippen LogP contribution < -0.4 is 15.8 Å². The average Bonchev–Trinajstić information content (AvgIpc) is 3.31. The minimum atomic E-state index is -4.95. The van der Waals surface area contributed by atoms with Gasteiger partial charge in [0.1, 0.15) is 5.75 Å². The standard InChI is InChI=1S/C30H33F6N3O3/c1-16-3-5-17(6-4-16)10-25(40)22-14-24-20(13-26(22)42-2)12-21(39-24)11-19-9-18(7-8-23(19)29(31,32)33)15-38-28(41)27(37)30(34,35)36/h7-9,13-14,16-17,27H,3-6,10-12,15,37H2,1-2H3,(H,38,41). The zero-order valence-corrected chi connectivity index (χ0v) is 23.3. The van der Waals surface area contributed by atoms with Crippen LogP contribution in [0.3, 0.4) is 0 Å². The quantitative estimate of drug-likeness (QED) is 0.255. The molecule has 1 saturated carbocycles. The lowest BCUT2D eigenvalue weighted by atomic mass is 9.80. The number of ketones is 1. The van der Waals surface area contributed by atoms with E-state index in [1.54, 1.807) is 12.1 Å². The zero-order valence-electron chi connectivity index (χ0n) is 23.3. The molecule has 1 unspecified atom stereocenters. The molecule has 2 aromatic rings. The van der Waals surface area contributed by atoms with Crippen molar-refractivity contribution in [2.45, 2.75) is 76.8 Å². The number of hydrogen-bond acceptors (Lipinski definition) is 5. The first-order valence-corrected chi connectivity index (χ1v) is 13.7. The number of ether oxygens (including phenoxy) is 1. The maximum absolute atomic E-state index is 13.8. The Kier molecular flexibility index (Phi) is 9.34. The molecule has 1 fully saturated rings. The van der Waals surface area contributed by atoms with E-state index in [0.717, 1.165) is 37.8 Å². The van der Waals surface area contributed by atoms with Gasteiger partial charge in [-0.25, -0.2) is 0 Å². The van der Waals surface area contributed by atoms with Gasteiger partial charge in [0.15, 0.2) is 11.8 Å². The van der Waals surface area contributed by atoms with Crippen molar-refractivity contribution in [2.75, 3.05) is 7.11 Å². The fourth-order valence-electron chi connectivity index (χ4n) is 5.53. The highest BCUT2D eigenvalue weighted by molar-refractivity contribution is 6.02. The molecule has 3 N–H and O–H groups in total. The third-order valence-electron chi connectivity index (χ3n) is 7.96. The summed E-state index contributed by atoms with van der Waals surface area (Å²) in [5.41, 5.74) is 6.01. The number of nitrogens with zero attached hydrogens (tertiary/aromatic N) is 1. The second-order valence-corrected chi connectivity index (χ2v) is 11.2. The van der Waals surface area contributed by atoms with Crippen molar-refractivity contribution in [1.82, 2.24) is 5.32 Å². The molecular formula is C30H33F6N3O3. The lowest BCUT2D eigenvalue weighted by Crippen LogP contribution is -2.49. The number of amides is 1. The van der Waals surface area contributed by atoms with Crippen LogP contribution in [0, 0.1) is 11.8 Å². The number of nitrogens with two attached hydrogens (primary N) is 1. The maximum Gasteiger partial charge on any atom is 0.416 e. The summed E-state index contributed by atoms with van der Waals surface area (Å²) in [5, 5.41) is 2.02. The van der Waals surface area contributed by atoms with E-state index in [1.807, 2.05) is 5.32 Å². The molecular weight excluding hydrogens is 564 g/mol. The minimum Gasteiger partial charge on any atom is -0.496 e. The van der Waals surface area contributed by atoms with E-state index in [0.29, 0.717) is 46.5 Å². The van der Waals surface area contributed by atoms with Crippen LogP contribution in [0.5, 0.6) is 5.75 Å². The SMILES string of the molecule is COc1cc2c(cc1C(=O)CC1CCC(C)CC1)N=C(Cc1cc(CNC(=O)C(N)C(F)(F)F)ccc1C(F)(F)F)C2. The highest BCUT2D eigenvalue weighted by atomic mass is 19.4. The second-order valence-electron chi connectivity index (χ2n) is 11.2. The Bertz CT molecular complexity index is 1360. The topological polar surface area (TPSA) is 93.8 Å². The van der Waals surface area contributed by atoms with E-state index < -0.39 is 36.4 Å². The summed E-state index contributed by atoms with van der Waals surface area (Å²) in [7, 11) is 1.46. The first kappa shape index (κ1) is 31.5. The number of benzene rings is 2. The monoisotopic (exact) mass is 597 g/mol. The van der Waals surface area contributed by atoms with Gasteiger partial charge in [0.05, 0.1) is 23.9 Å². The molecule has 0 aromatic heterocycles. The first-order valence-electron chi connectivity index (χ1n) is 13.7. The summed E-state index contributed by atoms with van der Waals surface area (Å²) in [6.07, 6.45) is -5.07. The number of Topliss-reactive ketones (excluding diaryl/α,β-unsaturated/α-hetero) is 1. The Morgan fingerprint density at radius 3 is 2.38 bits per heavy atom. The van der Waals surface area contributed by atoms with Crippen molar-refractivity contribution in [1.29, 1.82) is 0 Å². The van der Waals surface area contributed by atoms with Crippen LogP contribution >= 0.6 is 0 Å². The number of hydrogen-bond donors (Lipinski definition) is 2. The number of aliphatic imine (C=N–C) groups is 1. The highest BCUT2D eigenvalue weighted by Gasteiger charge is 2.42. The lowest BCUT2D eigenvalue weighted by Gasteiger charge is -2.25. The number of halogens is 6. The van der Waals surface area contributed by atoms with Crippen molar-refractivity contribution in [3.63, 3.8) is 0 Å². The molecule has 1 aliphatic carbocycles. The van der Waals surface area contributed by atoms with E-state index in [1.165, 1.54) is 13.2 Å². The van der Waals surface area contributed by atoms with E-state index >= 15 is 0 Å². The fraction of sp³-hybridized carbons (Fsp3) is 0.500. The van der Waals surface area contributed by atoms with Gasteiger partial charge in [0.25, 0.3) is 0 Å². The lowest BCUT2D eigenvalue weighted by molar-refractivity contribution is -0.163. The summed E-state index contributed by atoms with van der Waals surface area (Å²) in [5.74, 6) is -0.198. The van der Waals surface area contributed by atoms with Gasteiger partial charge in [0.2, 0.25) is 5.91 Å². The molecule has 6 nitrogen and oxygen atoms in total. The smallest absolute Gasteiger partial charge is 0.416 e. The molecule has 42 heavy (non-hydrogen) atoms. The van der Waals surface area contributed by atoms with E-state index in [-0.39, 0.29) is 29.8 Å². The van der Waals surface area contributed by atoms with Crippen molar-refractivity contribution >= 4 is 23.1 Å². The number of methoxy groups -OCH3 is 1. The third kappa shape index (κ3) is 7.50. The Morgan fingerprint density at radius 2 is 1.76 bits per heavy atom. The van der Waals surface area contributed by atoms with Crippen LogP contribution in [0.1, 0.15) is 71.6 Å². The van der Waals surface area contributed by atoms with Gasteiger partial charge in [-0.15, -0.1) is 0 Å². The molecule has 0 radical (unpaired) electrons. The number of rotatable bonds is 9. The van der Waals surface area contributed by atoms with Gasteiger partial charge in [-0.05, 0) is 59.6 Å². The van der Waals surface area contributed by atoms with Crippen LogP contribution in [0.4, 0.5) is 32.0 Å². The van der Waals surface area contributed by atoms with Crippen LogP contribution in [-0.4, -0.2) is 36.7 Å². The maximum atomic E-state index is 13.8. The van der Waals surface area contributed by atoms with Gasteiger partial charge < -0.3 is 15.8 Å². The Morgan fingerprint density at radius 1 is 1.07 bits per heavy atom. The Hall–Kier alpha value is -3.41. The molecule has 1 amide bonds. The molecule has 228 valence electrons. The molecule has 2 aromatic carbocycles. The first-order chi connectivity index (χ1) is 19.7. The molecule has 1 aliphatic heterocycles. The third-order valence-corrected chi connectivity index (χ3v) is 7.96. The van der Waals surface area contributed by atoms with Crippen LogP contribution in [0.25, 0.3) is 0 Å². The molecule has 0 saturated heterocycles. The van der Waals surface area contributed by atoms with Gasteiger partial charge in [-0.3, -0.25) is 14.6 Å². The van der Waals surface area contributed by atoms with Crippen LogP contribution in [0.15, 0.2) is 35.3 Å². The number of nitrogens with one attached hydrogen (secondary N) is 1.